The van der Waals surface area contributed by atoms with E-state index in [1.165, 1.54) is 0 Å². The SMILES string of the molecule is O=C(Nc1cc(Br)ccc1-c1cc2cccnc2c2ncccc12)c1ccccc1. The van der Waals surface area contributed by atoms with Crippen LogP contribution in [0, 0.1) is 0 Å². The van der Waals surface area contributed by atoms with Gasteiger partial charge < -0.3 is 5.32 Å². The number of aromatic nitrogens is 2. The number of hydrogen-bond donors (Lipinski definition) is 1. The minimum Gasteiger partial charge on any atom is -0.321 e. The van der Waals surface area contributed by atoms with E-state index in [4.69, 9.17) is 0 Å². The molecular weight excluding hydrogens is 438 g/mol. The molecule has 5 rings (SSSR count). The number of anilines is 1. The summed E-state index contributed by atoms with van der Waals surface area (Å²) in [6.45, 7) is 0. The number of amides is 1. The maximum absolute atomic E-state index is 12.8. The van der Waals surface area contributed by atoms with Crippen molar-refractivity contribution in [1.29, 1.82) is 0 Å². The smallest absolute Gasteiger partial charge is 0.255 e. The number of pyridine rings is 2. The molecule has 0 saturated heterocycles. The van der Waals surface area contributed by atoms with Crippen LogP contribution in [0.3, 0.4) is 0 Å². The Balaban J connectivity index is 1.71. The standard InChI is InChI=1S/C25H16BrN3O/c26-18-10-11-19(22(15-18)29-25(30)16-6-2-1-3-7-16)21-14-17-8-4-12-27-23(17)24-20(21)9-5-13-28-24/h1-15H,(H,29,30). The van der Waals surface area contributed by atoms with E-state index in [0.29, 0.717) is 5.56 Å². The summed E-state index contributed by atoms with van der Waals surface area (Å²) in [4.78, 5) is 22.0. The summed E-state index contributed by atoms with van der Waals surface area (Å²) >= 11 is 3.53. The summed E-state index contributed by atoms with van der Waals surface area (Å²) in [7, 11) is 0. The zero-order valence-electron chi connectivity index (χ0n) is 15.8. The van der Waals surface area contributed by atoms with E-state index in [2.05, 4.69) is 37.3 Å². The lowest BCUT2D eigenvalue weighted by molar-refractivity contribution is 0.102. The number of rotatable bonds is 3. The van der Waals surface area contributed by atoms with Gasteiger partial charge in [-0.25, -0.2) is 0 Å². The van der Waals surface area contributed by atoms with Crippen molar-refractivity contribution in [2.75, 3.05) is 5.32 Å². The predicted octanol–water partition coefficient (Wildman–Crippen LogP) is 6.46. The van der Waals surface area contributed by atoms with E-state index in [9.17, 15) is 4.79 Å². The fourth-order valence-electron chi connectivity index (χ4n) is 3.64. The third-order valence-corrected chi connectivity index (χ3v) is 5.51. The number of hydrogen-bond acceptors (Lipinski definition) is 3. The summed E-state index contributed by atoms with van der Waals surface area (Å²) in [6.07, 6.45) is 3.56. The van der Waals surface area contributed by atoms with Gasteiger partial charge in [-0.1, -0.05) is 52.3 Å². The summed E-state index contributed by atoms with van der Waals surface area (Å²) in [5.41, 5.74) is 4.96. The maximum Gasteiger partial charge on any atom is 0.255 e. The molecule has 3 aromatic carbocycles. The topological polar surface area (TPSA) is 54.9 Å². The second-order valence-electron chi connectivity index (χ2n) is 6.91. The third kappa shape index (κ3) is 3.33. The number of nitrogens with zero attached hydrogens (tertiary/aromatic N) is 2. The molecule has 0 spiro atoms. The highest BCUT2D eigenvalue weighted by molar-refractivity contribution is 9.10. The fourth-order valence-corrected chi connectivity index (χ4v) is 4.00. The fraction of sp³-hybridized carbons (Fsp3) is 0. The number of carbonyl (C=O) groups excluding carboxylic acids is 1. The van der Waals surface area contributed by atoms with Gasteiger partial charge in [0.2, 0.25) is 0 Å². The second kappa shape index (κ2) is 7.69. The molecule has 30 heavy (non-hydrogen) atoms. The van der Waals surface area contributed by atoms with E-state index in [0.717, 1.165) is 43.1 Å². The van der Waals surface area contributed by atoms with Crippen LogP contribution in [-0.4, -0.2) is 15.9 Å². The molecule has 2 heterocycles. The van der Waals surface area contributed by atoms with Crippen LogP contribution < -0.4 is 5.32 Å². The summed E-state index contributed by atoms with van der Waals surface area (Å²) in [6, 6.07) is 25.1. The van der Waals surface area contributed by atoms with Gasteiger partial charge in [-0.15, -0.1) is 0 Å². The molecule has 2 aromatic heterocycles. The van der Waals surface area contributed by atoms with Gasteiger partial charge in [0.25, 0.3) is 5.91 Å². The molecule has 0 bridgehead atoms. The van der Waals surface area contributed by atoms with Crippen LogP contribution in [0.2, 0.25) is 0 Å². The van der Waals surface area contributed by atoms with Crippen LogP contribution in [0.1, 0.15) is 10.4 Å². The lowest BCUT2D eigenvalue weighted by Gasteiger charge is -2.15. The van der Waals surface area contributed by atoms with E-state index in [-0.39, 0.29) is 5.91 Å². The Bertz CT molecular complexity index is 1400. The maximum atomic E-state index is 12.8. The Morgan fingerprint density at radius 1 is 0.767 bits per heavy atom. The molecule has 5 aromatic rings. The summed E-state index contributed by atoms with van der Waals surface area (Å²) in [5, 5.41) is 5.06. The van der Waals surface area contributed by atoms with E-state index in [1.54, 1.807) is 24.5 Å². The number of nitrogens with one attached hydrogen (secondary N) is 1. The molecule has 1 N–H and O–H groups in total. The largest absolute Gasteiger partial charge is 0.321 e. The van der Waals surface area contributed by atoms with Crippen molar-refractivity contribution in [2.24, 2.45) is 0 Å². The molecular formula is C25H16BrN3O. The van der Waals surface area contributed by atoms with E-state index >= 15 is 0 Å². The molecule has 0 aliphatic carbocycles. The van der Waals surface area contributed by atoms with Gasteiger partial charge in [-0.05, 0) is 48.0 Å². The number of benzene rings is 3. The molecule has 0 unspecified atom stereocenters. The first kappa shape index (κ1) is 18.5. The van der Waals surface area contributed by atoms with Crippen LogP contribution in [-0.2, 0) is 0 Å². The zero-order chi connectivity index (χ0) is 20.5. The van der Waals surface area contributed by atoms with Crippen molar-refractivity contribution in [2.45, 2.75) is 0 Å². The van der Waals surface area contributed by atoms with Gasteiger partial charge in [0.1, 0.15) is 0 Å². The summed E-state index contributed by atoms with van der Waals surface area (Å²) in [5.74, 6) is -0.153. The molecule has 0 aliphatic rings. The molecule has 0 fully saturated rings. The molecule has 0 aliphatic heterocycles. The molecule has 0 saturated carbocycles. The van der Waals surface area contributed by atoms with Gasteiger partial charge in [0.15, 0.2) is 0 Å². The van der Waals surface area contributed by atoms with E-state index in [1.807, 2.05) is 60.7 Å². The lowest BCUT2D eigenvalue weighted by Crippen LogP contribution is -2.12. The number of fused-ring (bicyclic) bond motifs is 3. The van der Waals surface area contributed by atoms with Crippen LogP contribution in [0.15, 0.2) is 95.7 Å². The zero-order valence-corrected chi connectivity index (χ0v) is 17.4. The number of carbonyl (C=O) groups is 1. The van der Waals surface area contributed by atoms with Gasteiger partial charge in [0.05, 0.1) is 16.7 Å². The lowest BCUT2D eigenvalue weighted by atomic mass is 9.96. The Kier molecular flexibility index (Phi) is 4.73. The van der Waals surface area contributed by atoms with E-state index < -0.39 is 0 Å². The Morgan fingerprint density at radius 2 is 1.53 bits per heavy atom. The Morgan fingerprint density at radius 3 is 2.37 bits per heavy atom. The molecule has 0 atom stereocenters. The monoisotopic (exact) mass is 453 g/mol. The van der Waals surface area contributed by atoms with Crippen molar-refractivity contribution in [3.8, 4) is 11.1 Å². The van der Waals surface area contributed by atoms with Crippen LogP contribution in [0.5, 0.6) is 0 Å². The first-order valence-corrected chi connectivity index (χ1v) is 10.3. The summed E-state index contributed by atoms with van der Waals surface area (Å²) < 4.78 is 0.888. The average Bonchev–Trinajstić information content (AvgIpc) is 2.79. The molecule has 1 amide bonds. The van der Waals surface area contributed by atoms with Crippen molar-refractivity contribution in [3.63, 3.8) is 0 Å². The Labute approximate surface area is 181 Å². The first-order chi connectivity index (χ1) is 14.7. The van der Waals surface area contributed by atoms with Crippen LogP contribution >= 0.6 is 15.9 Å². The highest BCUT2D eigenvalue weighted by atomic mass is 79.9. The normalized spacial score (nSPS) is 11.0. The predicted molar refractivity (Wildman–Crippen MR) is 125 cm³/mol. The molecule has 0 radical (unpaired) electrons. The van der Waals surface area contributed by atoms with Crippen LogP contribution in [0.4, 0.5) is 5.69 Å². The first-order valence-electron chi connectivity index (χ1n) is 9.49. The van der Waals surface area contributed by atoms with Gasteiger partial charge in [-0.3, -0.25) is 14.8 Å². The average molecular weight is 454 g/mol. The van der Waals surface area contributed by atoms with Gasteiger partial charge >= 0.3 is 0 Å². The highest BCUT2D eigenvalue weighted by Crippen LogP contribution is 2.38. The van der Waals surface area contributed by atoms with Crippen molar-refractivity contribution in [1.82, 2.24) is 9.97 Å². The minimum absolute atomic E-state index is 0.153. The molecule has 5 heteroatoms. The Hall–Kier alpha value is -3.57. The van der Waals surface area contributed by atoms with Gasteiger partial charge in [0, 0.05) is 38.8 Å². The third-order valence-electron chi connectivity index (χ3n) is 5.02. The quantitative estimate of drug-likeness (QED) is 0.318. The highest BCUT2D eigenvalue weighted by Gasteiger charge is 2.15. The molecule has 144 valence electrons. The minimum atomic E-state index is -0.153. The second-order valence-corrected chi connectivity index (χ2v) is 7.82. The van der Waals surface area contributed by atoms with Crippen molar-refractivity contribution >= 4 is 49.3 Å². The van der Waals surface area contributed by atoms with Crippen LogP contribution in [0.25, 0.3) is 32.9 Å². The molecule has 4 nitrogen and oxygen atoms in total. The van der Waals surface area contributed by atoms with Crippen molar-refractivity contribution in [3.05, 3.63) is 101 Å². The number of halogens is 1. The van der Waals surface area contributed by atoms with Crippen molar-refractivity contribution < 1.29 is 4.79 Å². The van der Waals surface area contributed by atoms with Gasteiger partial charge in [-0.2, -0.15) is 0 Å².